The van der Waals surface area contributed by atoms with Crippen LogP contribution in [0, 0.1) is 0 Å². The van der Waals surface area contributed by atoms with Gasteiger partial charge in [-0.05, 0) is 6.26 Å². The first-order chi connectivity index (χ1) is 4.66. The van der Waals surface area contributed by atoms with Crippen LogP contribution in [0.5, 0.6) is 0 Å². The lowest BCUT2D eigenvalue weighted by Gasteiger charge is -2.16. The lowest BCUT2D eigenvalue weighted by Crippen LogP contribution is -2.38. The van der Waals surface area contributed by atoms with Crippen LogP contribution in [0.4, 0.5) is 0 Å². The van der Waals surface area contributed by atoms with Gasteiger partial charge in [0.15, 0.2) is 0 Å². The second-order valence-electron chi connectivity index (χ2n) is 2.65. The summed E-state index contributed by atoms with van der Waals surface area (Å²) in [5.74, 6) is 0. The molecule has 4 N–H and O–H groups in total. The third-order valence-electron chi connectivity index (χ3n) is 1.96. The summed E-state index contributed by atoms with van der Waals surface area (Å²) in [6.45, 7) is 0. The summed E-state index contributed by atoms with van der Waals surface area (Å²) in [6.07, 6.45) is 1.37. The highest BCUT2D eigenvalue weighted by Gasteiger charge is 2.38. The summed E-state index contributed by atoms with van der Waals surface area (Å²) in [5, 5.41) is 18.4. The quantitative estimate of drug-likeness (QED) is 0.472. The minimum Gasteiger partial charge on any atom is -0.392 e. The van der Waals surface area contributed by atoms with Crippen molar-refractivity contribution in [2.24, 2.45) is 5.73 Å². The summed E-state index contributed by atoms with van der Waals surface area (Å²) in [4.78, 5) is 0. The Morgan fingerprint density at radius 2 is 2.00 bits per heavy atom. The number of rotatable bonds is 1. The molecule has 0 unspecified atom stereocenters. The van der Waals surface area contributed by atoms with E-state index in [4.69, 9.17) is 5.73 Å². The lowest BCUT2D eigenvalue weighted by atomic mass is 10.2. The first-order valence-electron chi connectivity index (χ1n) is 3.31. The molecule has 0 spiro atoms. The largest absolute Gasteiger partial charge is 0.392 e. The van der Waals surface area contributed by atoms with Gasteiger partial charge in [0, 0.05) is 17.7 Å². The number of hydrogen-bond donors (Lipinski definition) is 3. The predicted molar refractivity (Wildman–Crippen MR) is 41.9 cm³/mol. The topological polar surface area (TPSA) is 66.5 Å². The first-order valence-corrected chi connectivity index (χ1v) is 4.60. The van der Waals surface area contributed by atoms with E-state index in [-0.39, 0.29) is 11.3 Å². The molecule has 4 atom stereocenters. The third-order valence-corrected chi connectivity index (χ3v) is 3.13. The molecule has 60 valence electrons. The summed E-state index contributed by atoms with van der Waals surface area (Å²) in [6, 6.07) is -0.259. The number of aliphatic hydroxyl groups excluding tert-OH is 2. The van der Waals surface area contributed by atoms with E-state index in [9.17, 15) is 10.2 Å². The molecule has 0 aliphatic heterocycles. The molecule has 0 aromatic rings. The maximum atomic E-state index is 9.27. The molecular weight excluding hydrogens is 150 g/mol. The zero-order valence-corrected chi connectivity index (χ0v) is 6.71. The van der Waals surface area contributed by atoms with Crippen LogP contribution in [0.3, 0.4) is 0 Å². The third kappa shape index (κ3) is 1.29. The molecule has 0 bridgehead atoms. The standard InChI is InChI=1S/C6H13NO2S/c1-10-6-4(9)2-3(8)5(6)7/h3-6,8-9H,2,7H2,1H3/t3-,4+,5-,6-/m0/s1. The summed E-state index contributed by atoms with van der Waals surface area (Å²) < 4.78 is 0. The normalized spacial score (nSPS) is 48.0. The van der Waals surface area contributed by atoms with Gasteiger partial charge >= 0.3 is 0 Å². The molecule has 4 heteroatoms. The fourth-order valence-electron chi connectivity index (χ4n) is 1.33. The van der Waals surface area contributed by atoms with Gasteiger partial charge in [-0.3, -0.25) is 0 Å². The van der Waals surface area contributed by atoms with Gasteiger partial charge in [-0.1, -0.05) is 0 Å². The zero-order valence-electron chi connectivity index (χ0n) is 5.90. The highest BCUT2D eigenvalue weighted by atomic mass is 32.2. The van der Waals surface area contributed by atoms with Crippen molar-refractivity contribution in [2.45, 2.75) is 29.9 Å². The van der Waals surface area contributed by atoms with E-state index < -0.39 is 12.2 Å². The van der Waals surface area contributed by atoms with E-state index in [1.807, 2.05) is 6.26 Å². The molecule has 1 saturated carbocycles. The minimum absolute atomic E-state index is 0.00926. The van der Waals surface area contributed by atoms with Crippen LogP contribution in [0.1, 0.15) is 6.42 Å². The van der Waals surface area contributed by atoms with E-state index >= 15 is 0 Å². The van der Waals surface area contributed by atoms with Gasteiger partial charge in [-0.15, -0.1) is 0 Å². The fraction of sp³-hybridized carbons (Fsp3) is 1.00. The smallest absolute Gasteiger partial charge is 0.0727 e. The van der Waals surface area contributed by atoms with Crippen molar-refractivity contribution in [1.29, 1.82) is 0 Å². The first kappa shape index (κ1) is 8.33. The van der Waals surface area contributed by atoms with Crippen LogP contribution >= 0.6 is 11.8 Å². The maximum absolute atomic E-state index is 9.27. The van der Waals surface area contributed by atoms with Crippen LogP contribution in [-0.2, 0) is 0 Å². The van der Waals surface area contributed by atoms with Crippen LogP contribution in [0.25, 0.3) is 0 Å². The minimum atomic E-state index is -0.521. The Balaban J connectivity index is 2.55. The van der Waals surface area contributed by atoms with Gasteiger partial charge in [-0.2, -0.15) is 11.8 Å². The fourth-order valence-corrected chi connectivity index (χ4v) is 2.25. The van der Waals surface area contributed by atoms with E-state index in [1.165, 1.54) is 11.8 Å². The number of aliphatic hydroxyl groups is 2. The van der Waals surface area contributed by atoms with E-state index in [0.717, 1.165) is 0 Å². The Kier molecular flexibility index (Phi) is 2.57. The Labute approximate surface area is 64.6 Å². The predicted octanol–water partition coefficient (Wildman–Crippen LogP) is -0.829. The molecule has 0 aromatic heterocycles. The highest BCUT2D eigenvalue weighted by molar-refractivity contribution is 7.99. The second-order valence-corrected chi connectivity index (χ2v) is 3.66. The average molecular weight is 163 g/mol. The molecule has 0 amide bonds. The van der Waals surface area contributed by atoms with Crippen LogP contribution in [-0.4, -0.2) is 40.0 Å². The molecule has 1 rings (SSSR count). The van der Waals surface area contributed by atoms with Gasteiger partial charge in [0.2, 0.25) is 0 Å². The Bertz CT molecular complexity index is 122. The van der Waals surface area contributed by atoms with Crippen molar-refractivity contribution in [2.75, 3.05) is 6.26 Å². The highest BCUT2D eigenvalue weighted by Crippen LogP contribution is 2.27. The van der Waals surface area contributed by atoms with Crippen molar-refractivity contribution >= 4 is 11.8 Å². The zero-order chi connectivity index (χ0) is 7.72. The van der Waals surface area contributed by atoms with Crippen molar-refractivity contribution in [1.82, 2.24) is 0 Å². The van der Waals surface area contributed by atoms with E-state index in [1.54, 1.807) is 0 Å². The van der Waals surface area contributed by atoms with Crippen LogP contribution in [0.15, 0.2) is 0 Å². The lowest BCUT2D eigenvalue weighted by molar-refractivity contribution is 0.133. The van der Waals surface area contributed by atoms with Crippen molar-refractivity contribution in [3.8, 4) is 0 Å². The maximum Gasteiger partial charge on any atom is 0.0727 e. The Morgan fingerprint density at radius 3 is 2.20 bits per heavy atom. The van der Waals surface area contributed by atoms with Crippen LogP contribution in [0.2, 0.25) is 0 Å². The number of thioether (sulfide) groups is 1. The van der Waals surface area contributed by atoms with Crippen molar-refractivity contribution in [3.63, 3.8) is 0 Å². The number of hydrogen-bond acceptors (Lipinski definition) is 4. The molecule has 1 aliphatic rings. The number of nitrogens with two attached hydrogens (primary N) is 1. The molecular formula is C6H13NO2S. The average Bonchev–Trinajstić information content (AvgIpc) is 2.09. The molecule has 0 aromatic carbocycles. The summed E-state index contributed by atoms with van der Waals surface area (Å²) in [7, 11) is 0. The molecule has 3 nitrogen and oxygen atoms in total. The summed E-state index contributed by atoms with van der Waals surface area (Å²) in [5.41, 5.74) is 5.59. The van der Waals surface area contributed by atoms with Gasteiger partial charge < -0.3 is 15.9 Å². The van der Waals surface area contributed by atoms with Crippen LogP contribution < -0.4 is 5.73 Å². The van der Waals surface area contributed by atoms with Crippen molar-refractivity contribution < 1.29 is 10.2 Å². The van der Waals surface area contributed by atoms with Gasteiger partial charge in [0.25, 0.3) is 0 Å². The Morgan fingerprint density at radius 1 is 1.40 bits per heavy atom. The van der Waals surface area contributed by atoms with E-state index in [2.05, 4.69) is 0 Å². The molecule has 1 aliphatic carbocycles. The second kappa shape index (κ2) is 3.09. The summed E-state index contributed by atoms with van der Waals surface area (Å²) >= 11 is 1.52. The Hall–Kier alpha value is 0.230. The van der Waals surface area contributed by atoms with Gasteiger partial charge in [0.05, 0.1) is 12.2 Å². The van der Waals surface area contributed by atoms with Crippen molar-refractivity contribution in [3.05, 3.63) is 0 Å². The van der Waals surface area contributed by atoms with Gasteiger partial charge in [-0.25, -0.2) is 0 Å². The van der Waals surface area contributed by atoms with E-state index in [0.29, 0.717) is 6.42 Å². The molecule has 1 fully saturated rings. The molecule has 0 saturated heterocycles. The monoisotopic (exact) mass is 163 g/mol. The van der Waals surface area contributed by atoms with Gasteiger partial charge in [0.1, 0.15) is 0 Å². The molecule has 10 heavy (non-hydrogen) atoms. The SMILES string of the molecule is CS[C@@H]1[C@@H](N)[C@@H](O)C[C@H]1O. The molecule has 0 radical (unpaired) electrons. The molecule has 0 heterocycles.